The maximum atomic E-state index is 5.33. The van der Waals surface area contributed by atoms with E-state index in [4.69, 9.17) is 4.74 Å². The van der Waals surface area contributed by atoms with Crippen molar-refractivity contribution in [3.63, 3.8) is 0 Å². The van der Waals surface area contributed by atoms with Gasteiger partial charge in [-0.2, -0.15) is 0 Å². The zero-order valence-electron chi connectivity index (χ0n) is 10.6. The van der Waals surface area contributed by atoms with Gasteiger partial charge in [-0.1, -0.05) is 22.0 Å². The molecule has 0 atom stereocenters. The number of hydrogen-bond acceptors (Lipinski definition) is 4. The minimum Gasteiger partial charge on any atom is -0.379 e. The third kappa shape index (κ3) is 4.55. The minimum absolute atomic E-state index is 0.802. The zero-order chi connectivity index (χ0) is 12.6. The van der Waals surface area contributed by atoms with Crippen molar-refractivity contribution in [2.24, 2.45) is 0 Å². The van der Waals surface area contributed by atoms with Gasteiger partial charge in [0, 0.05) is 25.0 Å². The van der Waals surface area contributed by atoms with E-state index in [1.807, 2.05) is 18.2 Å². The van der Waals surface area contributed by atoms with E-state index in [1.54, 1.807) is 0 Å². The van der Waals surface area contributed by atoms with Gasteiger partial charge in [-0.3, -0.25) is 4.90 Å². The Kier molecular flexibility index (Phi) is 5.90. The molecule has 0 spiro atoms. The van der Waals surface area contributed by atoms with E-state index in [9.17, 15) is 0 Å². The van der Waals surface area contributed by atoms with Crippen molar-refractivity contribution in [3.8, 4) is 0 Å². The smallest absolute Gasteiger partial charge is 0.126 e. The lowest BCUT2D eigenvalue weighted by molar-refractivity contribution is 0.0378. The quantitative estimate of drug-likeness (QED) is 0.645. The summed E-state index contributed by atoms with van der Waals surface area (Å²) >= 11 is 3.42. The molecule has 1 aliphatic heterocycles. The van der Waals surface area contributed by atoms with Gasteiger partial charge in [-0.25, -0.2) is 4.98 Å². The molecule has 18 heavy (non-hydrogen) atoms. The summed E-state index contributed by atoms with van der Waals surface area (Å²) in [4.78, 5) is 6.94. The van der Waals surface area contributed by atoms with E-state index >= 15 is 0 Å². The number of aromatic nitrogens is 1. The fraction of sp³-hybridized carbons (Fsp3) is 0.615. The van der Waals surface area contributed by atoms with Gasteiger partial charge in [0.1, 0.15) is 5.82 Å². The molecule has 0 unspecified atom stereocenters. The normalized spacial score (nSPS) is 16.7. The Morgan fingerprint density at radius 2 is 2.17 bits per heavy atom. The summed E-state index contributed by atoms with van der Waals surface area (Å²) in [5, 5.41) is 4.17. The van der Waals surface area contributed by atoms with Crippen molar-refractivity contribution in [2.45, 2.75) is 11.8 Å². The lowest BCUT2D eigenvalue weighted by atomic mass is 10.3. The second-order valence-electron chi connectivity index (χ2n) is 4.38. The highest BCUT2D eigenvalue weighted by molar-refractivity contribution is 9.08. The van der Waals surface area contributed by atoms with Crippen LogP contribution in [0.3, 0.4) is 0 Å². The molecule has 5 heteroatoms. The van der Waals surface area contributed by atoms with Crippen LogP contribution >= 0.6 is 15.9 Å². The molecule has 1 fully saturated rings. The number of hydrogen-bond donors (Lipinski definition) is 1. The summed E-state index contributed by atoms with van der Waals surface area (Å²) in [6.07, 6.45) is 1.14. The molecule has 0 radical (unpaired) electrons. The van der Waals surface area contributed by atoms with E-state index in [1.165, 1.54) is 0 Å². The highest BCUT2D eigenvalue weighted by Gasteiger charge is 2.08. The molecule has 1 aliphatic rings. The van der Waals surface area contributed by atoms with Crippen LogP contribution in [0.25, 0.3) is 0 Å². The topological polar surface area (TPSA) is 37.4 Å². The fourth-order valence-corrected chi connectivity index (χ4v) is 2.31. The Bertz CT molecular complexity index is 356. The largest absolute Gasteiger partial charge is 0.379 e. The third-order valence-corrected chi connectivity index (χ3v) is 3.58. The number of halogens is 1. The van der Waals surface area contributed by atoms with Crippen LogP contribution in [0, 0.1) is 0 Å². The molecule has 2 heterocycles. The minimum atomic E-state index is 0.802. The maximum Gasteiger partial charge on any atom is 0.126 e. The van der Waals surface area contributed by atoms with Crippen LogP contribution < -0.4 is 5.32 Å². The van der Waals surface area contributed by atoms with Crippen LogP contribution in [0.15, 0.2) is 18.2 Å². The maximum absolute atomic E-state index is 5.33. The summed E-state index contributed by atoms with van der Waals surface area (Å²) in [5.41, 5.74) is 1.06. The number of nitrogens with zero attached hydrogens (tertiary/aromatic N) is 2. The van der Waals surface area contributed by atoms with E-state index in [0.717, 1.165) is 62.7 Å². The first-order valence-corrected chi connectivity index (χ1v) is 7.56. The van der Waals surface area contributed by atoms with Crippen molar-refractivity contribution >= 4 is 21.7 Å². The molecule has 0 bridgehead atoms. The Morgan fingerprint density at radius 3 is 2.94 bits per heavy atom. The number of ether oxygens (including phenoxy) is 1. The molecule has 2 rings (SSSR count). The van der Waals surface area contributed by atoms with Crippen LogP contribution in [0.1, 0.15) is 12.1 Å². The molecule has 100 valence electrons. The summed E-state index contributed by atoms with van der Waals surface area (Å²) in [5.74, 6) is 0.967. The fourth-order valence-electron chi connectivity index (χ4n) is 2.00. The lowest BCUT2D eigenvalue weighted by Gasteiger charge is -2.26. The Morgan fingerprint density at radius 1 is 1.33 bits per heavy atom. The van der Waals surface area contributed by atoms with Crippen LogP contribution in [0.4, 0.5) is 5.82 Å². The number of anilines is 1. The van der Waals surface area contributed by atoms with Crippen molar-refractivity contribution < 1.29 is 4.74 Å². The van der Waals surface area contributed by atoms with Crippen LogP contribution in [0.5, 0.6) is 0 Å². The van der Waals surface area contributed by atoms with Gasteiger partial charge in [-0.15, -0.1) is 0 Å². The summed E-state index contributed by atoms with van der Waals surface area (Å²) in [6.45, 7) is 5.99. The van der Waals surface area contributed by atoms with E-state index in [0.29, 0.717) is 0 Å². The van der Waals surface area contributed by atoms with Crippen LogP contribution in [0.2, 0.25) is 0 Å². The summed E-state index contributed by atoms with van der Waals surface area (Å²) in [6, 6.07) is 6.07. The molecule has 1 aromatic rings. The van der Waals surface area contributed by atoms with Crippen molar-refractivity contribution in [1.82, 2.24) is 9.88 Å². The van der Waals surface area contributed by atoms with Crippen LogP contribution in [-0.4, -0.2) is 49.3 Å². The Labute approximate surface area is 117 Å². The molecule has 0 aliphatic carbocycles. The van der Waals surface area contributed by atoms with Crippen LogP contribution in [-0.2, 0) is 10.1 Å². The van der Waals surface area contributed by atoms with Crippen molar-refractivity contribution in [3.05, 3.63) is 23.9 Å². The van der Waals surface area contributed by atoms with Gasteiger partial charge in [-0.05, 0) is 25.1 Å². The predicted molar refractivity (Wildman–Crippen MR) is 77.2 cm³/mol. The standard InChI is InChI=1S/C13H20BrN3O/c14-11-12-3-1-4-13(16-12)15-5-2-6-17-7-9-18-10-8-17/h1,3-4H,2,5-11H2,(H,15,16). The molecule has 0 aromatic carbocycles. The highest BCUT2D eigenvalue weighted by atomic mass is 79.9. The molecule has 1 N–H and O–H groups in total. The monoisotopic (exact) mass is 313 g/mol. The first kappa shape index (κ1) is 13.8. The molecule has 1 saturated heterocycles. The van der Waals surface area contributed by atoms with E-state index < -0.39 is 0 Å². The van der Waals surface area contributed by atoms with Gasteiger partial charge >= 0.3 is 0 Å². The third-order valence-electron chi connectivity index (χ3n) is 3.00. The number of morpholine rings is 1. The Balaban J connectivity index is 1.65. The highest BCUT2D eigenvalue weighted by Crippen LogP contribution is 2.07. The van der Waals surface area contributed by atoms with E-state index in [-0.39, 0.29) is 0 Å². The Hall–Kier alpha value is -0.650. The van der Waals surface area contributed by atoms with Gasteiger partial charge in [0.05, 0.1) is 18.9 Å². The number of pyridine rings is 1. The van der Waals surface area contributed by atoms with Gasteiger partial charge in [0.2, 0.25) is 0 Å². The average molecular weight is 314 g/mol. The lowest BCUT2D eigenvalue weighted by Crippen LogP contribution is -2.37. The van der Waals surface area contributed by atoms with E-state index in [2.05, 4.69) is 31.1 Å². The summed E-state index contributed by atoms with van der Waals surface area (Å²) < 4.78 is 5.33. The zero-order valence-corrected chi connectivity index (χ0v) is 12.2. The number of nitrogens with one attached hydrogen (secondary N) is 1. The molecular weight excluding hydrogens is 294 g/mol. The second kappa shape index (κ2) is 7.71. The predicted octanol–water partition coefficient (Wildman–Crippen LogP) is 2.11. The molecule has 4 nitrogen and oxygen atoms in total. The molecule has 1 aromatic heterocycles. The number of rotatable bonds is 6. The molecular formula is C13H20BrN3O. The molecule has 0 saturated carbocycles. The van der Waals surface area contributed by atoms with Gasteiger partial charge in [0.15, 0.2) is 0 Å². The van der Waals surface area contributed by atoms with Gasteiger partial charge < -0.3 is 10.1 Å². The van der Waals surface area contributed by atoms with Gasteiger partial charge in [0.25, 0.3) is 0 Å². The molecule has 0 amide bonds. The summed E-state index contributed by atoms with van der Waals surface area (Å²) in [7, 11) is 0. The second-order valence-corrected chi connectivity index (χ2v) is 4.94. The van der Waals surface area contributed by atoms with Crippen molar-refractivity contribution in [1.29, 1.82) is 0 Å². The first-order valence-electron chi connectivity index (χ1n) is 6.44. The average Bonchev–Trinajstić information content (AvgIpc) is 2.45. The van der Waals surface area contributed by atoms with Crippen molar-refractivity contribution in [2.75, 3.05) is 44.7 Å². The SMILES string of the molecule is BrCc1cccc(NCCCN2CCOCC2)n1. The first-order chi connectivity index (χ1) is 8.88. The number of alkyl halides is 1.